The zero-order valence-electron chi connectivity index (χ0n) is 33.5. The number of carbonyl (C=O) groups is 3. The summed E-state index contributed by atoms with van der Waals surface area (Å²) < 4.78 is 5.90. The Hall–Kier alpha value is -2.15. The molecule has 2 atom stereocenters. The van der Waals surface area contributed by atoms with Gasteiger partial charge in [-0.25, -0.2) is 4.79 Å². The Morgan fingerprint density at radius 1 is 0.588 bits per heavy atom. The van der Waals surface area contributed by atoms with Crippen molar-refractivity contribution in [3.8, 4) is 0 Å². The Morgan fingerprint density at radius 2 is 1.08 bits per heavy atom. The van der Waals surface area contributed by atoms with E-state index >= 15 is 0 Å². The highest BCUT2D eigenvalue weighted by molar-refractivity contribution is 5.83. The Kier molecular flexibility index (Phi) is 37.4. The molecule has 0 aliphatic carbocycles. The highest BCUT2D eigenvalue weighted by atomic mass is 16.5. The normalized spacial score (nSPS) is 12.8. The number of hydrogen-bond donors (Lipinski definition) is 3. The summed E-state index contributed by atoms with van der Waals surface area (Å²) >= 11 is 0. The van der Waals surface area contributed by atoms with Crippen molar-refractivity contribution >= 4 is 17.8 Å². The molecule has 51 heavy (non-hydrogen) atoms. The molecule has 0 rings (SSSR count). The largest absolute Gasteiger partial charge is 0.480 e. The van der Waals surface area contributed by atoms with Gasteiger partial charge in [0, 0.05) is 12.8 Å². The van der Waals surface area contributed by atoms with E-state index < -0.39 is 12.0 Å². The number of carboxylic acids is 1. The lowest BCUT2D eigenvalue weighted by molar-refractivity contribution is -0.147. The molecule has 0 bridgehead atoms. The SMILES string of the molecule is CCCC/C=C\C/C=C\C(CCCCCCC(=O)NC(CCCN)C(=O)O)OC(=O)CCCCCCCCCCCCCCCCCCCCC. The van der Waals surface area contributed by atoms with Crippen LogP contribution in [0.1, 0.15) is 219 Å². The van der Waals surface area contributed by atoms with E-state index in [0.717, 1.165) is 51.4 Å². The molecule has 0 fully saturated rings. The van der Waals surface area contributed by atoms with Crippen LogP contribution in [0, 0.1) is 0 Å². The molecule has 0 aliphatic heterocycles. The second kappa shape index (κ2) is 39.1. The molecule has 0 saturated carbocycles. The highest BCUT2D eigenvalue weighted by Gasteiger charge is 2.19. The predicted octanol–water partition coefficient (Wildman–Crippen LogP) is 12.1. The van der Waals surface area contributed by atoms with Crippen LogP contribution in [-0.4, -0.2) is 41.6 Å². The maximum Gasteiger partial charge on any atom is 0.326 e. The van der Waals surface area contributed by atoms with Crippen molar-refractivity contribution in [1.29, 1.82) is 0 Å². The second-order valence-corrected chi connectivity index (χ2v) is 14.8. The summed E-state index contributed by atoms with van der Waals surface area (Å²) in [5.41, 5.74) is 5.48. The number of unbranched alkanes of at least 4 members (excludes halogenated alkanes) is 23. The molecule has 0 aromatic heterocycles. The quantitative estimate of drug-likeness (QED) is 0.0331. The van der Waals surface area contributed by atoms with E-state index in [4.69, 9.17) is 10.5 Å². The Morgan fingerprint density at radius 3 is 1.59 bits per heavy atom. The van der Waals surface area contributed by atoms with Crippen LogP contribution in [0.4, 0.5) is 0 Å². The fourth-order valence-corrected chi connectivity index (χ4v) is 6.45. The van der Waals surface area contributed by atoms with Crippen LogP contribution in [0.5, 0.6) is 0 Å². The Bertz CT molecular complexity index is 858. The number of ether oxygens (including phenoxy) is 1. The molecule has 298 valence electrons. The number of nitrogens with two attached hydrogens (primary N) is 1. The third-order valence-electron chi connectivity index (χ3n) is 9.75. The van der Waals surface area contributed by atoms with Crippen molar-refractivity contribution in [2.75, 3.05) is 6.54 Å². The summed E-state index contributed by atoms with van der Waals surface area (Å²) in [4.78, 5) is 36.3. The van der Waals surface area contributed by atoms with Gasteiger partial charge in [-0.05, 0) is 64.0 Å². The number of rotatable bonds is 39. The van der Waals surface area contributed by atoms with Gasteiger partial charge >= 0.3 is 11.9 Å². The summed E-state index contributed by atoms with van der Waals surface area (Å²) in [7, 11) is 0. The predicted molar refractivity (Wildman–Crippen MR) is 216 cm³/mol. The van der Waals surface area contributed by atoms with Gasteiger partial charge in [-0.15, -0.1) is 0 Å². The lowest BCUT2D eigenvalue weighted by Gasteiger charge is -2.15. The summed E-state index contributed by atoms with van der Waals surface area (Å²) in [6, 6.07) is -0.872. The van der Waals surface area contributed by atoms with Crippen molar-refractivity contribution in [1.82, 2.24) is 5.32 Å². The zero-order valence-corrected chi connectivity index (χ0v) is 33.5. The molecule has 2 unspecified atom stereocenters. The first-order valence-corrected chi connectivity index (χ1v) is 21.7. The topological polar surface area (TPSA) is 119 Å². The number of carbonyl (C=O) groups excluding carboxylic acids is 2. The Labute approximate surface area is 314 Å². The first kappa shape index (κ1) is 48.9. The molecule has 0 spiro atoms. The maximum absolute atomic E-state index is 12.7. The van der Waals surface area contributed by atoms with Crippen molar-refractivity contribution < 1.29 is 24.2 Å². The number of allylic oxidation sites excluding steroid dienone is 3. The van der Waals surface area contributed by atoms with Gasteiger partial charge in [0.1, 0.15) is 12.1 Å². The van der Waals surface area contributed by atoms with Crippen LogP contribution in [-0.2, 0) is 19.1 Å². The highest BCUT2D eigenvalue weighted by Crippen LogP contribution is 2.16. The summed E-state index contributed by atoms with van der Waals surface area (Å²) in [6.07, 6.45) is 44.0. The van der Waals surface area contributed by atoms with Gasteiger partial charge in [0.2, 0.25) is 5.91 Å². The van der Waals surface area contributed by atoms with E-state index in [1.165, 1.54) is 122 Å². The summed E-state index contributed by atoms with van der Waals surface area (Å²) in [6.45, 7) is 4.88. The average molecular weight is 719 g/mol. The third-order valence-corrected chi connectivity index (χ3v) is 9.75. The maximum atomic E-state index is 12.7. The minimum absolute atomic E-state index is 0.102. The minimum atomic E-state index is -1.02. The number of aliphatic carboxylic acids is 1. The number of hydrogen-bond acceptors (Lipinski definition) is 5. The van der Waals surface area contributed by atoms with Gasteiger partial charge in [0.15, 0.2) is 0 Å². The number of amides is 1. The van der Waals surface area contributed by atoms with Crippen LogP contribution in [0.3, 0.4) is 0 Å². The summed E-state index contributed by atoms with van der Waals surface area (Å²) in [5, 5.41) is 11.9. The van der Waals surface area contributed by atoms with E-state index in [0.29, 0.717) is 38.6 Å². The van der Waals surface area contributed by atoms with E-state index in [1.54, 1.807) is 0 Å². The van der Waals surface area contributed by atoms with E-state index in [2.05, 4.69) is 37.4 Å². The molecular formula is C44H82N2O5. The number of nitrogens with one attached hydrogen (secondary N) is 1. The molecule has 7 heteroatoms. The fourth-order valence-electron chi connectivity index (χ4n) is 6.45. The van der Waals surface area contributed by atoms with Gasteiger partial charge in [-0.1, -0.05) is 173 Å². The molecule has 0 aromatic carbocycles. The molecule has 7 nitrogen and oxygen atoms in total. The Balaban J connectivity index is 4.13. The molecule has 0 aliphatic rings. The molecule has 0 heterocycles. The molecule has 1 amide bonds. The van der Waals surface area contributed by atoms with Gasteiger partial charge in [0.25, 0.3) is 0 Å². The van der Waals surface area contributed by atoms with Gasteiger partial charge < -0.3 is 20.9 Å². The van der Waals surface area contributed by atoms with Crippen LogP contribution in [0.15, 0.2) is 24.3 Å². The third kappa shape index (κ3) is 36.0. The van der Waals surface area contributed by atoms with Gasteiger partial charge in [-0.3, -0.25) is 9.59 Å². The molecular weight excluding hydrogens is 636 g/mol. The molecule has 0 radical (unpaired) electrons. The monoisotopic (exact) mass is 719 g/mol. The lowest BCUT2D eigenvalue weighted by Crippen LogP contribution is -2.40. The lowest BCUT2D eigenvalue weighted by atomic mass is 10.0. The van der Waals surface area contributed by atoms with Crippen molar-refractivity contribution in [3.63, 3.8) is 0 Å². The van der Waals surface area contributed by atoms with Crippen LogP contribution in [0.25, 0.3) is 0 Å². The molecule has 4 N–H and O–H groups in total. The van der Waals surface area contributed by atoms with Crippen molar-refractivity contribution in [3.05, 3.63) is 24.3 Å². The van der Waals surface area contributed by atoms with Crippen LogP contribution in [0.2, 0.25) is 0 Å². The van der Waals surface area contributed by atoms with Gasteiger partial charge in [-0.2, -0.15) is 0 Å². The second-order valence-electron chi connectivity index (χ2n) is 14.8. The van der Waals surface area contributed by atoms with Crippen LogP contribution < -0.4 is 11.1 Å². The van der Waals surface area contributed by atoms with Crippen molar-refractivity contribution in [2.24, 2.45) is 5.73 Å². The molecule has 0 saturated heterocycles. The smallest absolute Gasteiger partial charge is 0.326 e. The standard InChI is InChI=1S/C44H82N2O5/c1-3-5-7-9-11-12-13-14-15-16-17-18-19-20-21-22-24-26-32-38-43(48)51-40(34-29-25-23-10-8-6-4-2)35-30-27-28-31-37-42(47)46-41(44(49)50)36-33-39-45/h10,23,29,34,40-41H,3-9,11-22,24-28,30-33,35-39,45H2,1-2H3,(H,46,47)(H,49,50)/b23-10-,34-29-. The van der Waals surface area contributed by atoms with E-state index in [1.807, 2.05) is 6.08 Å². The molecule has 0 aromatic rings. The first-order valence-electron chi connectivity index (χ1n) is 21.7. The van der Waals surface area contributed by atoms with E-state index in [9.17, 15) is 19.5 Å². The summed E-state index contributed by atoms with van der Waals surface area (Å²) in [5.74, 6) is -1.34. The fraction of sp³-hybridized carbons (Fsp3) is 0.841. The minimum Gasteiger partial charge on any atom is -0.480 e. The average Bonchev–Trinajstić information content (AvgIpc) is 3.11. The number of esters is 1. The van der Waals surface area contributed by atoms with Gasteiger partial charge in [0.05, 0.1) is 0 Å². The van der Waals surface area contributed by atoms with E-state index in [-0.39, 0.29) is 18.0 Å². The van der Waals surface area contributed by atoms with Crippen molar-refractivity contribution in [2.45, 2.75) is 231 Å². The number of carboxylic acid groups (broad SMARTS) is 1. The van der Waals surface area contributed by atoms with Crippen LogP contribution >= 0.6 is 0 Å². The zero-order chi connectivity index (χ0) is 37.5. The first-order chi connectivity index (χ1) is 24.9.